The minimum absolute atomic E-state index is 0.103. The molecule has 0 fully saturated rings. The highest BCUT2D eigenvalue weighted by atomic mass is 35.7. The first-order valence-corrected chi connectivity index (χ1v) is 7.59. The van der Waals surface area contributed by atoms with Crippen molar-refractivity contribution in [2.45, 2.75) is 4.90 Å². The van der Waals surface area contributed by atoms with E-state index in [1.807, 2.05) is 24.3 Å². The maximum atomic E-state index is 11.6. The van der Waals surface area contributed by atoms with Crippen molar-refractivity contribution in [2.75, 3.05) is 0 Å². The Hall–Kier alpha value is -1.65. The Kier molecular flexibility index (Phi) is 2.50. The number of nitrogens with zero attached hydrogens (tertiary/aromatic N) is 1. The maximum absolute atomic E-state index is 11.6. The molecule has 3 aromatic rings. The molecule has 90 valence electrons. The number of hydrogen-bond donors (Lipinski definition) is 0. The zero-order valence-electron chi connectivity index (χ0n) is 9.17. The summed E-state index contributed by atoms with van der Waals surface area (Å²) in [6.07, 6.45) is 1.72. The largest absolute Gasteiger partial charge is 0.262 e. The van der Waals surface area contributed by atoms with E-state index in [0.29, 0.717) is 10.9 Å². The fourth-order valence-electron chi connectivity index (χ4n) is 2.08. The zero-order valence-corrected chi connectivity index (χ0v) is 10.7. The van der Waals surface area contributed by atoms with Crippen molar-refractivity contribution in [3.63, 3.8) is 0 Å². The molecule has 3 nitrogen and oxygen atoms in total. The van der Waals surface area contributed by atoms with Gasteiger partial charge < -0.3 is 0 Å². The molecule has 0 unspecified atom stereocenters. The molecule has 0 aliphatic carbocycles. The lowest BCUT2D eigenvalue weighted by atomic mass is 10.1. The topological polar surface area (TPSA) is 47.0 Å². The average Bonchev–Trinajstić information content (AvgIpc) is 2.36. The predicted molar refractivity (Wildman–Crippen MR) is 72.3 cm³/mol. The molecule has 1 aromatic heterocycles. The van der Waals surface area contributed by atoms with Crippen molar-refractivity contribution in [1.82, 2.24) is 4.98 Å². The molecule has 18 heavy (non-hydrogen) atoms. The third-order valence-electron chi connectivity index (χ3n) is 2.84. The number of hydrogen-bond acceptors (Lipinski definition) is 3. The first-order chi connectivity index (χ1) is 8.57. The summed E-state index contributed by atoms with van der Waals surface area (Å²) in [6.45, 7) is 0. The first kappa shape index (κ1) is 11.4. The van der Waals surface area contributed by atoms with E-state index in [4.69, 9.17) is 10.7 Å². The molecule has 3 rings (SSSR count). The van der Waals surface area contributed by atoms with E-state index in [2.05, 4.69) is 4.98 Å². The van der Waals surface area contributed by atoms with Crippen molar-refractivity contribution in [3.8, 4) is 0 Å². The molecule has 0 saturated heterocycles. The van der Waals surface area contributed by atoms with Gasteiger partial charge in [-0.15, -0.1) is 0 Å². The molecule has 5 heteroatoms. The highest BCUT2D eigenvalue weighted by Gasteiger charge is 2.16. The monoisotopic (exact) mass is 277 g/mol. The van der Waals surface area contributed by atoms with Gasteiger partial charge in [0.2, 0.25) is 0 Å². The van der Waals surface area contributed by atoms with Crippen LogP contribution in [0.1, 0.15) is 0 Å². The van der Waals surface area contributed by atoms with Crippen LogP contribution in [0.2, 0.25) is 0 Å². The van der Waals surface area contributed by atoms with Crippen molar-refractivity contribution in [1.29, 1.82) is 0 Å². The van der Waals surface area contributed by atoms with E-state index in [0.717, 1.165) is 10.8 Å². The van der Waals surface area contributed by atoms with E-state index < -0.39 is 9.05 Å². The fourth-order valence-corrected chi connectivity index (χ4v) is 3.16. The standard InChI is InChI=1S/C13H8ClNO2S/c14-18(16,17)12-7-3-6-11-13(12)10-5-2-1-4-9(10)8-15-11/h1-8H. The SMILES string of the molecule is O=S(=O)(Cl)c1cccc2ncc3ccccc3c12. The van der Waals surface area contributed by atoms with Crippen LogP contribution in [0.25, 0.3) is 21.7 Å². The third kappa shape index (κ3) is 1.74. The van der Waals surface area contributed by atoms with Crippen LogP contribution >= 0.6 is 10.7 Å². The number of fused-ring (bicyclic) bond motifs is 3. The Balaban J connectivity index is 2.63. The summed E-state index contributed by atoms with van der Waals surface area (Å²) in [7, 11) is 1.69. The number of pyridine rings is 1. The van der Waals surface area contributed by atoms with Gasteiger partial charge in [-0.3, -0.25) is 4.98 Å². The van der Waals surface area contributed by atoms with E-state index >= 15 is 0 Å². The number of benzene rings is 2. The molecule has 0 aliphatic heterocycles. The van der Waals surface area contributed by atoms with Crippen LogP contribution in [0.5, 0.6) is 0 Å². The smallest absolute Gasteiger partial charge is 0.256 e. The molecule has 0 atom stereocenters. The highest BCUT2D eigenvalue weighted by molar-refractivity contribution is 8.14. The van der Waals surface area contributed by atoms with Gasteiger partial charge in [-0.05, 0) is 17.5 Å². The summed E-state index contributed by atoms with van der Waals surface area (Å²) < 4.78 is 23.3. The van der Waals surface area contributed by atoms with Gasteiger partial charge in [0.15, 0.2) is 0 Å². The number of halogens is 1. The highest BCUT2D eigenvalue weighted by Crippen LogP contribution is 2.30. The molecule has 0 bridgehead atoms. The van der Waals surface area contributed by atoms with Crippen LogP contribution in [-0.4, -0.2) is 13.4 Å². The van der Waals surface area contributed by atoms with Crippen LogP contribution in [0.3, 0.4) is 0 Å². The van der Waals surface area contributed by atoms with Crippen molar-refractivity contribution in [2.24, 2.45) is 0 Å². The average molecular weight is 278 g/mol. The second kappa shape index (κ2) is 3.93. The summed E-state index contributed by atoms with van der Waals surface area (Å²) in [4.78, 5) is 4.36. The minimum Gasteiger partial charge on any atom is -0.256 e. The van der Waals surface area contributed by atoms with Crippen LogP contribution in [0, 0.1) is 0 Å². The molecule has 0 radical (unpaired) electrons. The first-order valence-electron chi connectivity index (χ1n) is 5.28. The molecule has 0 saturated carbocycles. The van der Waals surface area contributed by atoms with Crippen LogP contribution in [0.4, 0.5) is 0 Å². The Morgan fingerprint density at radius 3 is 2.56 bits per heavy atom. The molecule has 0 amide bonds. The van der Waals surface area contributed by atoms with Gasteiger partial charge in [0.1, 0.15) is 0 Å². The van der Waals surface area contributed by atoms with Crippen LogP contribution < -0.4 is 0 Å². The lowest BCUT2D eigenvalue weighted by Crippen LogP contribution is -1.94. The molecule has 1 heterocycles. The number of rotatable bonds is 1. The molecular formula is C13H8ClNO2S. The fraction of sp³-hybridized carbons (Fsp3) is 0. The maximum Gasteiger partial charge on any atom is 0.262 e. The molecule has 0 spiro atoms. The molecule has 0 aliphatic rings. The summed E-state index contributed by atoms with van der Waals surface area (Å²) in [6, 6.07) is 12.4. The van der Waals surface area contributed by atoms with Crippen LogP contribution in [-0.2, 0) is 9.05 Å². The molecule has 0 N–H and O–H groups in total. The van der Waals surface area contributed by atoms with Crippen molar-refractivity contribution >= 4 is 41.4 Å². The Morgan fingerprint density at radius 1 is 1.00 bits per heavy atom. The van der Waals surface area contributed by atoms with Gasteiger partial charge >= 0.3 is 0 Å². The Morgan fingerprint density at radius 2 is 1.78 bits per heavy atom. The Labute approximate surface area is 108 Å². The van der Waals surface area contributed by atoms with Gasteiger partial charge in [-0.25, -0.2) is 8.42 Å². The third-order valence-corrected chi connectivity index (χ3v) is 4.20. The van der Waals surface area contributed by atoms with E-state index in [9.17, 15) is 8.42 Å². The van der Waals surface area contributed by atoms with Crippen molar-refractivity contribution < 1.29 is 8.42 Å². The predicted octanol–water partition coefficient (Wildman–Crippen LogP) is 3.32. The van der Waals surface area contributed by atoms with E-state index in [1.165, 1.54) is 6.07 Å². The lowest BCUT2D eigenvalue weighted by molar-refractivity contribution is 0.610. The molecule has 2 aromatic carbocycles. The summed E-state index contributed by atoms with van der Waals surface area (Å²) in [5, 5.41) is 2.30. The Bertz CT molecular complexity index is 859. The quantitative estimate of drug-likeness (QED) is 0.506. The van der Waals surface area contributed by atoms with E-state index in [1.54, 1.807) is 18.3 Å². The molecular weight excluding hydrogens is 270 g/mol. The minimum atomic E-state index is -3.79. The number of aromatic nitrogens is 1. The van der Waals surface area contributed by atoms with E-state index in [-0.39, 0.29) is 4.90 Å². The normalized spacial score (nSPS) is 12.1. The lowest BCUT2D eigenvalue weighted by Gasteiger charge is -2.06. The van der Waals surface area contributed by atoms with Crippen LogP contribution in [0.15, 0.2) is 53.6 Å². The second-order valence-electron chi connectivity index (χ2n) is 3.93. The van der Waals surface area contributed by atoms with Gasteiger partial charge in [-0.1, -0.05) is 30.3 Å². The second-order valence-corrected chi connectivity index (χ2v) is 6.47. The zero-order chi connectivity index (χ0) is 12.8. The van der Waals surface area contributed by atoms with Gasteiger partial charge in [0.25, 0.3) is 9.05 Å². The van der Waals surface area contributed by atoms with Gasteiger partial charge in [-0.2, -0.15) is 0 Å². The summed E-state index contributed by atoms with van der Waals surface area (Å²) in [5.74, 6) is 0. The van der Waals surface area contributed by atoms with Gasteiger partial charge in [0.05, 0.1) is 10.4 Å². The summed E-state index contributed by atoms with van der Waals surface area (Å²) in [5.41, 5.74) is 0.621. The van der Waals surface area contributed by atoms with Gasteiger partial charge in [0, 0.05) is 27.7 Å². The summed E-state index contributed by atoms with van der Waals surface area (Å²) >= 11 is 0. The van der Waals surface area contributed by atoms with Crippen molar-refractivity contribution in [3.05, 3.63) is 48.7 Å².